The summed E-state index contributed by atoms with van der Waals surface area (Å²) in [5, 5.41) is 13.1. The fraction of sp³-hybridized carbons (Fsp3) is 0.529. The molecule has 0 spiro atoms. The zero-order chi connectivity index (χ0) is 16.6. The quantitative estimate of drug-likeness (QED) is 0.866. The van der Waals surface area contributed by atoms with Crippen molar-refractivity contribution in [2.24, 2.45) is 5.92 Å². The predicted molar refractivity (Wildman–Crippen MR) is 85.2 cm³/mol. The third-order valence-electron chi connectivity index (χ3n) is 5.01. The maximum absolute atomic E-state index is 12.7. The molecular weight excluding hydrogens is 318 g/mol. The van der Waals surface area contributed by atoms with Gasteiger partial charge in [0.15, 0.2) is 5.54 Å². The first-order valence-corrected chi connectivity index (χ1v) is 8.31. The van der Waals surface area contributed by atoms with Gasteiger partial charge in [-0.25, -0.2) is 4.79 Å². The van der Waals surface area contributed by atoms with Gasteiger partial charge in [0, 0.05) is 5.02 Å². The normalized spacial score (nSPS) is 28.3. The number of carbonyl (C=O) groups is 2. The van der Waals surface area contributed by atoms with Crippen LogP contribution >= 0.6 is 11.6 Å². The number of carboxylic acid groups (broad SMARTS) is 1. The highest BCUT2D eigenvalue weighted by Crippen LogP contribution is 2.39. The molecule has 2 aliphatic heterocycles. The number of fused-ring (bicyclic) bond motifs is 2. The zero-order valence-corrected chi connectivity index (χ0v) is 13.7. The lowest BCUT2D eigenvalue weighted by Crippen LogP contribution is -2.54. The topological polar surface area (TPSA) is 75.6 Å². The second-order valence-electron chi connectivity index (χ2n) is 6.28. The first-order chi connectivity index (χ1) is 11.0. The van der Waals surface area contributed by atoms with Crippen molar-refractivity contribution in [1.29, 1.82) is 0 Å². The summed E-state index contributed by atoms with van der Waals surface area (Å²) in [7, 11) is 0. The molecule has 124 valence electrons. The molecule has 1 aromatic carbocycles. The van der Waals surface area contributed by atoms with Crippen molar-refractivity contribution < 1.29 is 19.4 Å². The Hall–Kier alpha value is -1.59. The third kappa shape index (κ3) is 2.83. The Morgan fingerprint density at radius 1 is 1.35 bits per heavy atom. The predicted octanol–water partition coefficient (Wildman–Crippen LogP) is 2.71. The van der Waals surface area contributed by atoms with Gasteiger partial charge < -0.3 is 15.2 Å². The molecule has 0 radical (unpaired) electrons. The fourth-order valence-corrected chi connectivity index (χ4v) is 3.77. The molecule has 2 aliphatic rings. The lowest BCUT2D eigenvalue weighted by atomic mass is 9.84. The van der Waals surface area contributed by atoms with Gasteiger partial charge in [-0.05, 0) is 43.4 Å². The Kier molecular flexibility index (Phi) is 4.34. The maximum atomic E-state index is 12.7. The summed E-state index contributed by atoms with van der Waals surface area (Å²) in [5.41, 5.74) is -0.918. The van der Waals surface area contributed by atoms with Gasteiger partial charge in [-0.15, -0.1) is 0 Å². The molecule has 23 heavy (non-hydrogen) atoms. The Morgan fingerprint density at radius 3 is 2.52 bits per heavy atom. The molecule has 4 atom stereocenters. The van der Waals surface area contributed by atoms with Crippen molar-refractivity contribution in [2.45, 2.75) is 50.4 Å². The average molecular weight is 338 g/mol. The van der Waals surface area contributed by atoms with Crippen LogP contribution in [0.5, 0.6) is 0 Å². The van der Waals surface area contributed by atoms with Crippen LogP contribution in [0.1, 0.15) is 38.2 Å². The maximum Gasteiger partial charge on any atom is 0.334 e. The average Bonchev–Trinajstić information content (AvgIpc) is 3.16. The highest BCUT2D eigenvalue weighted by Gasteiger charge is 2.48. The van der Waals surface area contributed by atoms with Gasteiger partial charge in [0.25, 0.3) is 0 Å². The van der Waals surface area contributed by atoms with E-state index in [1.54, 1.807) is 31.2 Å². The number of carboxylic acids is 1. The van der Waals surface area contributed by atoms with Crippen molar-refractivity contribution in [3.8, 4) is 0 Å². The number of aliphatic carboxylic acids is 1. The molecule has 1 amide bonds. The van der Waals surface area contributed by atoms with E-state index >= 15 is 0 Å². The second kappa shape index (κ2) is 6.13. The van der Waals surface area contributed by atoms with E-state index in [9.17, 15) is 14.7 Å². The summed E-state index contributed by atoms with van der Waals surface area (Å²) in [6.07, 6.45) is 2.86. The second-order valence-corrected chi connectivity index (χ2v) is 6.71. The molecule has 2 bridgehead atoms. The first-order valence-electron chi connectivity index (χ1n) is 7.93. The number of halogens is 1. The highest BCUT2D eigenvalue weighted by molar-refractivity contribution is 6.30. The van der Waals surface area contributed by atoms with E-state index in [4.69, 9.17) is 16.3 Å². The van der Waals surface area contributed by atoms with Crippen LogP contribution in [-0.4, -0.2) is 29.2 Å². The SMILES string of the molecule is CCC(NC(=O)C1CC2CCC1O2)(C(=O)O)c1ccc(Cl)cc1. The Morgan fingerprint density at radius 2 is 2.04 bits per heavy atom. The van der Waals surface area contributed by atoms with Crippen LogP contribution in [0.2, 0.25) is 5.02 Å². The molecule has 5 nitrogen and oxygen atoms in total. The number of carbonyl (C=O) groups excluding carboxylic acids is 1. The van der Waals surface area contributed by atoms with E-state index in [1.165, 1.54) is 0 Å². The van der Waals surface area contributed by atoms with E-state index in [-0.39, 0.29) is 30.5 Å². The number of hydrogen-bond donors (Lipinski definition) is 2. The molecular formula is C17H20ClNO4. The van der Waals surface area contributed by atoms with E-state index in [0.717, 1.165) is 12.8 Å². The fourth-order valence-electron chi connectivity index (χ4n) is 3.64. The number of amides is 1. The van der Waals surface area contributed by atoms with Crippen molar-refractivity contribution >= 4 is 23.5 Å². The molecule has 2 heterocycles. The summed E-state index contributed by atoms with van der Waals surface area (Å²) in [6, 6.07) is 6.57. The van der Waals surface area contributed by atoms with Crippen molar-refractivity contribution in [3.05, 3.63) is 34.9 Å². The van der Waals surface area contributed by atoms with Crippen LogP contribution in [0, 0.1) is 5.92 Å². The van der Waals surface area contributed by atoms with E-state index in [2.05, 4.69) is 5.32 Å². The number of benzene rings is 1. The molecule has 1 aromatic rings. The highest BCUT2D eigenvalue weighted by atomic mass is 35.5. The van der Waals surface area contributed by atoms with Crippen LogP contribution in [0.25, 0.3) is 0 Å². The van der Waals surface area contributed by atoms with Gasteiger partial charge in [0.2, 0.25) is 5.91 Å². The van der Waals surface area contributed by atoms with Crippen molar-refractivity contribution in [1.82, 2.24) is 5.32 Å². The van der Waals surface area contributed by atoms with Crippen LogP contribution < -0.4 is 5.32 Å². The van der Waals surface area contributed by atoms with E-state index in [1.807, 2.05) is 0 Å². The molecule has 0 aromatic heterocycles. The Labute approximate surface area is 140 Å². The molecule has 2 fully saturated rings. The lowest BCUT2D eigenvalue weighted by Gasteiger charge is -2.32. The molecule has 2 N–H and O–H groups in total. The molecule has 3 rings (SSSR count). The van der Waals surface area contributed by atoms with Gasteiger partial charge in [0.05, 0.1) is 18.1 Å². The largest absolute Gasteiger partial charge is 0.479 e. The van der Waals surface area contributed by atoms with Gasteiger partial charge in [-0.1, -0.05) is 30.7 Å². The summed E-state index contributed by atoms with van der Waals surface area (Å²) in [4.78, 5) is 24.6. The smallest absolute Gasteiger partial charge is 0.334 e. The molecule has 2 saturated heterocycles. The molecule has 6 heteroatoms. The number of ether oxygens (including phenoxy) is 1. The Bertz CT molecular complexity index is 618. The minimum atomic E-state index is -1.44. The number of hydrogen-bond acceptors (Lipinski definition) is 3. The monoisotopic (exact) mass is 337 g/mol. The first kappa shape index (κ1) is 16.3. The summed E-state index contributed by atoms with van der Waals surface area (Å²) in [6.45, 7) is 1.75. The summed E-state index contributed by atoms with van der Waals surface area (Å²) in [5.74, 6) is -1.57. The van der Waals surface area contributed by atoms with Gasteiger partial charge in [-0.2, -0.15) is 0 Å². The van der Waals surface area contributed by atoms with Crippen molar-refractivity contribution in [2.75, 3.05) is 0 Å². The van der Waals surface area contributed by atoms with Crippen LogP contribution in [0.4, 0.5) is 0 Å². The molecule has 4 unspecified atom stereocenters. The summed E-state index contributed by atoms with van der Waals surface area (Å²) >= 11 is 5.89. The van der Waals surface area contributed by atoms with Crippen LogP contribution in [0.15, 0.2) is 24.3 Å². The van der Waals surface area contributed by atoms with Gasteiger partial charge >= 0.3 is 5.97 Å². The van der Waals surface area contributed by atoms with Crippen LogP contribution in [0.3, 0.4) is 0 Å². The van der Waals surface area contributed by atoms with Crippen LogP contribution in [-0.2, 0) is 19.9 Å². The lowest BCUT2D eigenvalue weighted by molar-refractivity contribution is -0.149. The van der Waals surface area contributed by atoms with Crippen molar-refractivity contribution in [3.63, 3.8) is 0 Å². The van der Waals surface area contributed by atoms with E-state index in [0.29, 0.717) is 17.0 Å². The van der Waals surface area contributed by atoms with Gasteiger partial charge in [-0.3, -0.25) is 4.79 Å². The minimum Gasteiger partial charge on any atom is -0.479 e. The third-order valence-corrected chi connectivity index (χ3v) is 5.26. The molecule has 0 saturated carbocycles. The van der Waals surface area contributed by atoms with E-state index < -0.39 is 11.5 Å². The molecule has 0 aliphatic carbocycles. The summed E-state index contributed by atoms with van der Waals surface area (Å²) < 4.78 is 5.71. The standard InChI is InChI=1S/C17H20ClNO4/c1-2-17(16(21)22,10-3-5-11(18)6-4-10)19-15(20)13-9-12-7-8-14(13)23-12/h3-6,12-14H,2,7-9H2,1H3,(H,19,20)(H,21,22). The number of rotatable bonds is 5. The minimum absolute atomic E-state index is 0.0754. The number of nitrogens with one attached hydrogen (secondary N) is 1. The Balaban J connectivity index is 1.86. The zero-order valence-electron chi connectivity index (χ0n) is 12.9. The van der Waals surface area contributed by atoms with Gasteiger partial charge in [0.1, 0.15) is 0 Å².